The van der Waals surface area contributed by atoms with E-state index in [1.807, 2.05) is 0 Å². The molecule has 3 aromatic rings. The lowest BCUT2D eigenvalue weighted by Gasteiger charge is -2.14. The minimum atomic E-state index is -4.50. The van der Waals surface area contributed by atoms with Crippen molar-refractivity contribution in [2.75, 3.05) is 23.8 Å². The molecule has 0 aliphatic rings. The molecule has 3 rings (SSSR count). The molecule has 0 spiro atoms. The second kappa shape index (κ2) is 8.03. The van der Waals surface area contributed by atoms with Gasteiger partial charge in [0, 0.05) is 24.0 Å². The summed E-state index contributed by atoms with van der Waals surface area (Å²) in [7, 11) is 0. The van der Waals surface area contributed by atoms with Crippen LogP contribution in [0.5, 0.6) is 0 Å². The molecule has 3 N–H and O–H groups in total. The van der Waals surface area contributed by atoms with Crippen LogP contribution in [0.3, 0.4) is 0 Å². The number of aromatic nitrogens is 3. The van der Waals surface area contributed by atoms with E-state index >= 15 is 0 Å². The average molecular weight is 414 g/mol. The molecule has 0 atom stereocenters. The summed E-state index contributed by atoms with van der Waals surface area (Å²) in [6.45, 7) is -1.63. The van der Waals surface area contributed by atoms with Crippen LogP contribution in [-0.4, -0.2) is 39.0 Å². The van der Waals surface area contributed by atoms with Crippen molar-refractivity contribution >= 4 is 39.8 Å². The Morgan fingerprint density at radius 3 is 2.68 bits per heavy atom. The number of hydrogen-bond acceptors (Lipinski definition) is 6. The molecule has 0 amide bonds. The maximum Gasteiger partial charge on any atom is 0.405 e. The van der Waals surface area contributed by atoms with E-state index < -0.39 is 18.3 Å². The first-order valence-corrected chi connectivity index (χ1v) is 8.49. The van der Waals surface area contributed by atoms with Gasteiger partial charge in [-0.15, -0.1) is 0 Å². The molecule has 0 saturated heterocycles. The lowest BCUT2D eigenvalue weighted by Crippen LogP contribution is -2.25. The highest BCUT2D eigenvalue weighted by atomic mass is 35.5. The van der Waals surface area contributed by atoms with Gasteiger partial charge in [-0.2, -0.15) is 13.2 Å². The van der Waals surface area contributed by atoms with Gasteiger partial charge in [-0.1, -0.05) is 11.6 Å². The van der Waals surface area contributed by atoms with Crippen LogP contribution >= 0.6 is 11.6 Å². The zero-order valence-electron chi connectivity index (χ0n) is 14.3. The minimum absolute atomic E-state index is 0.00944. The molecular formula is C17H15ClF3N5O2. The van der Waals surface area contributed by atoms with Gasteiger partial charge in [-0.3, -0.25) is 4.79 Å². The topological polar surface area (TPSA) is 92.1 Å². The van der Waals surface area contributed by atoms with Crippen LogP contribution < -0.4 is 16.2 Å². The lowest BCUT2D eigenvalue weighted by atomic mass is 10.2. The first-order valence-electron chi connectivity index (χ1n) is 8.11. The Hall–Kier alpha value is -2.85. The summed E-state index contributed by atoms with van der Waals surface area (Å²) in [6, 6.07) is 6.17. The van der Waals surface area contributed by atoms with Crippen LogP contribution in [0.4, 0.5) is 30.6 Å². The van der Waals surface area contributed by atoms with E-state index in [1.165, 1.54) is 29.1 Å². The van der Waals surface area contributed by atoms with E-state index in [0.29, 0.717) is 16.2 Å². The van der Waals surface area contributed by atoms with Gasteiger partial charge in [-0.05, 0) is 29.7 Å². The number of fused-ring (bicyclic) bond motifs is 1. The molecule has 28 heavy (non-hydrogen) atoms. The second-order valence-electron chi connectivity index (χ2n) is 5.81. The van der Waals surface area contributed by atoms with E-state index in [1.54, 1.807) is 12.1 Å². The van der Waals surface area contributed by atoms with Crippen LogP contribution in [0.2, 0.25) is 5.02 Å². The number of aliphatic hydroxyl groups is 1. The van der Waals surface area contributed by atoms with Crippen molar-refractivity contribution in [2.24, 2.45) is 0 Å². The Balaban J connectivity index is 2.09. The van der Waals surface area contributed by atoms with Gasteiger partial charge in [-0.25, -0.2) is 9.97 Å². The fraction of sp³-hybridized carbons (Fsp3) is 0.235. The number of rotatable bonds is 6. The van der Waals surface area contributed by atoms with E-state index in [0.717, 1.165) is 0 Å². The molecule has 0 unspecified atom stereocenters. The van der Waals surface area contributed by atoms with Crippen molar-refractivity contribution in [2.45, 2.75) is 12.7 Å². The molecule has 0 aliphatic carbocycles. The van der Waals surface area contributed by atoms with Gasteiger partial charge in [0.05, 0.1) is 12.0 Å². The highest BCUT2D eigenvalue weighted by Gasteiger charge is 2.27. The summed E-state index contributed by atoms with van der Waals surface area (Å²) in [5.74, 6) is 0.303. The molecule has 0 bridgehead atoms. The first kappa shape index (κ1) is 19.9. The first-order chi connectivity index (χ1) is 13.3. The summed E-state index contributed by atoms with van der Waals surface area (Å²) in [4.78, 5) is 20.8. The van der Waals surface area contributed by atoms with Crippen molar-refractivity contribution in [1.29, 1.82) is 0 Å². The second-order valence-corrected chi connectivity index (χ2v) is 6.25. The molecule has 0 aromatic carbocycles. The smallest absolute Gasteiger partial charge is 0.395 e. The van der Waals surface area contributed by atoms with Crippen molar-refractivity contribution in [1.82, 2.24) is 14.5 Å². The fourth-order valence-corrected chi connectivity index (χ4v) is 2.73. The highest BCUT2D eigenvalue weighted by Crippen LogP contribution is 2.26. The molecule has 0 aliphatic heterocycles. The Kier molecular flexibility index (Phi) is 5.71. The maximum atomic E-state index is 12.7. The highest BCUT2D eigenvalue weighted by molar-refractivity contribution is 6.30. The van der Waals surface area contributed by atoms with Crippen molar-refractivity contribution in [3.63, 3.8) is 0 Å². The van der Waals surface area contributed by atoms with Crippen LogP contribution in [0, 0.1) is 0 Å². The van der Waals surface area contributed by atoms with Gasteiger partial charge in [0.1, 0.15) is 24.0 Å². The van der Waals surface area contributed by atoms with Crippen LogP contribution in [-0.2, 0) is 6.54 Å². The number of nitrogens with one attached hydrogen (secondary N) is 2. The number of halogens is 4. The molecule has 3 aromatic heterocycles. The van der Waals surface area contributed by atoms with Crippen molar-refractivity contribution < 1.29 is 18.3 Å². The third-order valence-electron chi connectivity index (χ3n) is 3.73. The summed E-state index contributed by atoms with van der Waals surface area (Å²) in [5.41, 5.74) is -0.559. The quantitative estimate of drug-likeness (QED) is 0.575. The SMILES string of the molecule is O=c1c2c(NCC(F)(F)F)nc(Nc3cc(Cl)ccn3)cc2ccn1CCO. The largest absolute Gasteiger partial charge is 0.405 e. The molecule has 148 valence electrons. The maximum absolute atomic E-state index is 12.7. The number of alkyl halides is 3. The zero-order chi connectivity index (χ0) is 20.3. The van der Waals surface area contributed by atoms with Gasteiger partial charge < -0.3 is 20.3 Å². The number of anilines is 3. The summed E-state index contributed by atoms with van der Waals surface area (Å²) in [5, 5.41) is 14.9. The predicted octanol–water partition coefficient (Wildman–Crippen LogP) is 3.16. The predicted molar refractivity (Wildman–Crippen MR) is 100 cm³/mol. The zero-order valence-corrected chi connectivity index (χ0v) is 15.1. The monoisotopic (exact) mass is 413 g/mol. The van der Waals surface area contributed by atoms with Gasteiger partial charge in [0.2, 0.25) is 0 Å². The standard InChI is InChI=1S/C17H15ClF3N5O2/c18-11-1-3-22-12(8-11)24-13-7-10-2-4-26(5-6-27)16(28)14(10)15(25-13)23-9-17(19,20)21/h1-4,7-8,27H,5-6,9H2,(H2,22,23,24,25). The van der Waals surface area contributed by atoms with Crippen LogP contribution in [0.15, 0.2) is 41.5 Å². The van der Waals surface area contributed by atoms with Crippen LogP contribution in [0.1, 0.15) is 0 Å². The fourth-order valence-electron chi connectivity index (χ4n) is 2.57. The minimum Gasteiger partial charge on any atom is -0.395 e. The van der Waals surface area contributed by atoms with E-state index in [2.05, 4.69) is 20.6 Å². The van der Waals surface area contributed by atoms with Crippen molar-refractivity contribution in [3.8, 4) is 0 Å². The summed E-state index contributed by atoms with van der Waals surface area (Å²) in [6.07, 6.45) is -1.58. The average Bonchev–Trinajstić information content (AvgIpc) is 2.61. The molecule has 0 fully saturated rings. The van der Waals surface area contributed by atoms with E-state index in [4.69, 9.17) is 16.7 Å². The molecule has 0 saturated carbocycles. The number of nitrogens with zero attached hydrogens (tertiary/aromatic N) is 3. The molecule has 0 radical (unpaired) electrons. The molecular weight excluding hydrogens is 399 g/mol. The normalized spacial score (nSPS) is 11.6. The van der Waals surface area contributed by atoms with Crippen molar-refractivity contribution in [3.05, 3.63) is 52.0 Å². The number of aliphatic hydroxyl groups excluding tert-OH is 1. The molecule has 7 nitrogen and oxygen atoms in total. The van der Waals surface area contributed by atoms with Gasteiger partial charge in [0.25, 0.3) is 5.56 Å². The Morgan fingerprint density at radius 1 is 1.21 bits per heavy atom. The van der Waals surface area contributed by atoms with Gasteiger partial charge >= 0.3 is 6.18 Å². The van der Waals surface area contributed by atoms with Gasteiger partial charge in [0.15, 0.2) is 0 Å². The summed E-state index contributed by atoms with van der Waals surface area (Å²) < 4.78 is 39.3. The van der Waals surface area contributed by atoms with Crippen LogP contribution in [0.25, 0.3) is 10.8 Å². The van der Waals surface area contributed by atoms with E-state index in [9.17, 15) is 18.0 Å². The number of hydrogen-bond donors (Lipinski definition) is 3. The number of pyridine rings is 3. The molecule has 11 heteroatoms. The summed E-state index contributed by atoms with van der Waals surface area (Å²) >= 11 is 5.90. The third kappa shape index (κ3) is 4.70. The molecule has 3 heterocycles. The lowest BCUT2D eigenvalue weighted by molar-refractivity contribution is -0.115. The Morgan fingerprint density at radius 2 is 2.00 bits per heavy atom. The third-order valence-corrected chi connectivity index (χ3v) is 3.97. The van der Waals surface area contributed by atoms with E-state index in [-0.39, 0.29) is 30.2 Å². The Bertz CT molecular complexity index is 1060. The Labute approximate surface area is 161 Å².